The molecule has 0 heterocycles. The number of nitro benzene ring substituents is 1. The van der Waals surface area contributed by atoms with Crippen molar-refractivity contribution in [1.82, 2.24) is 0 Å². The van der Waals surface area contributed by atoms with Crippen molar-refractivity contribution in [3.8, 4) is 0 Å². The van der Waals surface area contributed by atoms with Gasteiger partial charge in [0.15, 0.2) is 0 Å². The predicted octanol–water partition coefficient (Wildman–Crippen LogP) is 2.90. The summed E-state index contributed by atoms with van der Waals surface area (Å²) in [4.78, 5) is 10.5. The fraction of sp³-hybridized carbons (Fsp3) is 0.455. The highest BCUT2D eigenvalue weighted by atomic mass is 79.9. The van der Waals surface area contributed by atoms with E-state index in [1.54, 1.807) is 12.1 Å². The summed E-state index contributed by atoms with van der Waals surface area (Å²) in [6.07, 6.45) is 0.736. The molecule has 0 aliphatic carbocycles. The molecule has 0 saturated heterocycles. The molecule has 0 radical (unpaired) electrons. The first-order chi connectivity index (χ1) is 7.85. The van der Waals surface area contributed by atoms with Crippen LogP contribution < -0.4 is 11.1 Å². The van der Waals surface area contributed by atoms with Gasteiger partial charge in [-0.2, -0.15) is 0 Å². The van der Waals surface area contributed by atoms with Crippen LogP contribution in [0.2, 0.25) is 0 Å². The maximum absolute atomic E-state index is 10.9. The molecule has 0 aromatic heterocycles. The molecule has 94 valence electrons. The van der Waals surface area contributed by atoms with Crippen LogP contribution in [-0.4, -0.2) is 17.0 Å². The largest absolute Gasteiger partial charge is 0.375 e. The lowest BCUT2D eigenvalue weighted by Crippen LogP contribution is -2.33. The van der Waals surface area contributed by atoms with Crippen LogP contribution in [0.3, 0.4) is 0 Å². The zero-order valence-electron chi connectivity index (χ0n) is 9.87. The van der Waals surface area contributed by atoms with Crippen LogP contribution in [0.4, 0.5) is 11.4 Å². The number of nitrogens with one attached hydrogen (secondary N) is 1. The molecular weight excluding hydrogens is 286 g/mol. The normalized spacial score (nSPS) is 11.3. The van der Waals surface area contributed by atoms with Crippen molar-refractivity contribution in [3.63, 3.8) is 0 Å². The van der Waals surface area contributed by atoms with Gasteiger partial charge in [0.25, 0.3) is 5.69 Å². The molecule has 17 heavy (non-hydrogen) atoms. The summed E-state index contributed by atoms with van der Waals surface area (Å²) in [5.41, 5.74) is 5.81. The summed E-state index contributed by atoms with van der Waals surface area (Å²) >= 11 is 3.22. The summed E-state index contributed by atoms with van der Waals surface area (Å²) in [5, 5.41) is 14.1. The molecule has 0 atom stereocenters. The number of anilines is 1. The summed E-state index contributed by atoms with van der Waals surface area (Å²) in [5.74, 6) is 0. The Balaban J connectivity index is 3.02. The van der Waals surface area contributed by atoms with Gasteiger partial charge in [0, 0.05) is 16.1 Å². The van der Waals surface area contributed by atoms with Crippen molar-refractivity contribution in [3.05, 3.63) is 32.8 Å². The van der Waals surface area contributed by atoms with Crippen LogP contribution in [0.15, 0.2) is 22.7 Å². The van der Waals surface area contributed by atoms with E-state index >= 15 is 0 Å². The number of nitro groups is 1. The SMILES string of the molecule is CC(C)(CCN)Nc1ccc(Br)cc1[N+](=O)[O-]. The number of rotatable bonds is 5. The Kier molecular flexibility index (Phi) is 4.47. The Morgan fingerprint density at radius 3 is 2.71 bits per heavy atom. The quantitative estimate of drug-likeness (QED) is 0.647. The van der Waals surface area contributed by atoms with Gasteiger partial charge in [-0.1, -0.05) is 15.9 Å². The van der Waals surface area contributed by atoms with Gasteiger partial charge in [-0.3, -0.25) is 10.1 Å². The molecule has 1 aromatic carbocycles. The molecule has 1 rings (SSSR count). The average molecular weight is 302 g/mol. The van der Waals surface area contributed by atoms with Crippen molar-refractivity contribution in [2.75, 3.05) is 11.9 Å². The lowest BCUT2D eigenvalue weighted by atomic mass is 10.00. The number of nitrogens with zero attached hydrogens (tertiary/aromatic N) is 1. The highest BCUT2D eigenvalue weighted by Crippen LogP contribution is 2.30. The Morgan fingerprint density at radius 2 is 2.18 bits per heavy atom. The van der Waals surface area contributed by atoms with Crippen molar-refractivity contribution in [1.29, 1.82) is 0 Å². The highest BCUT2D eigenvalue weighted by molar-refractivity contribution is 9.10. The molecule has 0 amide bonds. The van der Waals surface area contributed by atoms with E-state index in [0.717, 1.165) is 6.42 Å². The van der Waals surface area contributed by atoms with Gasteiger partial charge >= 0.3 is 0 Å². The fourth-order valence-electron chi connectivity index (χ4n) is 1.55. The molecule has 1 aromatic rings. The van der Waals surface area contributed by atoms with Crippen LogP contribution in [-0.2, 0) is 0 Å². The first kappa shape index (κ1) is 13.9. The molecule has 0 aliphatic heterocycles. The summed E-state index contributed by atoms with van der Waals surface area (Å²) in [7, 11) is 0. The molecule has 0 aliphatic rings. The maximum atomic E-state index is 10.9. The van der Waals surface area contributed by atoms with E-state index in [1.807, 2.05) is 13.8 Å². The number of halogens is 1. The summed E-state index contributed by atoms with van der Waals surface area (Å²) in [6.45, 7) is 4.46. The Morgan fingerprint density at radius 1 is 1.53 bits per heavy atom. The van der Waals surface area contributed by atoms with Crippen molar-refractivity contribution >= 4 is 27.3 Å². The number of nitrogens with two attached hydrogens (primary N) is 1. The maximum Gasteiger partial charge on any atom is 0.293 e. The lowest BCUT2D eigenvalue weighted by Gasteiger charge is -2.26. The monoisotopic (exact) mass is 301 g/mol. The topological polar surface area (TPSA) is 81.2 Å². The minimum atomic E-state index is -0.397. The number of hydrogen-bond donors (Lipinski definition) is 2. The molecule has 0 unspecified atom stereocenters. The van der Waals surface area contributed by atoms with E-state index in [-0.39, 0.29) is 11.2 Å². The molecule has 3 N–H and O–H groups in total. The zero-order valence-corrected chi connectivity index (χ0v) is 11.5. The van der Waals surface area contributed by atoms with Crippen LogP contribution in [0, 0.1) is 10.1 Å². The van der Waals surface area contributed by atoms with Gasteiger partial charge in [0.05, 0.1) is 4.92 Å². The first-order valence-corrected chi connectivity index (χ1v) is 6.07. The minimum absolute atomic E-state index is 0.0597. The number of hydrogen-bond acceptors (Lipinski definition) is 4. The van der Waals surface area contributed by atoms with E-state index in [4.69, 9.17) is 5.73 Å². The Hall–Kier alpha value is -1.14. The second-order valence-corrected chi connectivity index (χ2v) is 5.38. The molecule has 0 bridgehead atoms. The van der Waals surface area contributed by atoms with E-state index in [0.29, 0.717) is 16.7 Å². The van der Waals surface area contributed by atoms with E-state index < -0.39 is 4.92 Å². The molecule has 0 spiro atoms. The van der Waals surface area contributed by atoms with Crippen molar-refractivity contribution < 1.29 is 4.92 Å². The average Bonchev–Trinajstić information content (AvgIpc) is 2.20. The van der Waals surface area contributed by atoms with E-state index in [9.17, 15) is 10.1 Å². The van der Waals surface area contributed by atoms with Gasteiger partial charge in [-0.15, -0.1) is 0 Å². The van der Waals surface area contributed by atoms with Crippen LogP contribution >= 0.6 is 15.9 Å². The summed E-state index contributed by atoms with van der Waals surface area (Å²) < 4.78 is 0.686. The van der Waals surface area contributed by atoms with Gasteiger partial charge in [-0.05, 0) is 38.9 Å². The van der Waals surface area contributed by atoms with Gasteiger partial charge in [-0.25, -0.2) is 0 Å². The van der Waals surface area contributed by atoms with Gasteiger partial charge in [0.2, 0.25) is 0 Å². The Bertz CT molecular complexity index is 421. The Labute approximate surface area is 109 Å². The molecule has 6 heteroatoms. The van der Waals surface area contributed by atoms with Crippen LogP contribution in [0.5, 0.6) is 0 Å². The lowest BCUT2D eigenvalue weighted by molar-refractivity contribution is -0.384. The zero-order chi connectivity index (χ0) is 13.1. The predicted molar refractivity (Wildman–Crippen MR) is 72.2 cm³/mol. The second kappa shape index (κ2) is 5.46. The summed E-state index contributed by atoms with van der Waals surface area (Å²) in [6, 6.07) is 4.95. The van der Waals surface area contributed by atoms with Gasteiger partial charge < -0.3 is 11.1 Å². The smallest absolute Gasteiger partial charge is 0.293 e. The third kappa shape index (κ3) is 3.98. The third-order valence-corrected chi connectivity index (χ3v) is 2.89. The molecular formula is C11H16BrN3O2. The number of benzene rings is 1. The molecule has 0 fully saturated rings. The minimum Gasteiger partial charge on any atom is -0.375 e. The molecule has 0 saturated carbocycles. The van der Waals surface area contributed by atoms with Crippen LogP contribution in [0.1, 0.15) is 20.3 Å². The first-order valence-electron chi connectivity index (χ1n) is 5.28. The van der Waals surface area contributed by atoms with E-state index in [1.165, 1.54) is 6.07 Å². The highest BCUT2D eigenvalue weighted by Gasteiger charge is 2.21. The van der Waals surface area contributed by atoms with Gasteiger partial charge in [0.1, 0.15) is 5.69 Å². The molecule has 5 nitrogen and oxygen atoms in total. The van der Waals surface area contributed by atoms with E-state index in [2.05, 4.69) is 21.2 Å². The second-order valence-electron chi connectivity index (χ2n) is 4.47. The van der Waals surface area contributed by atoms with Crippen LogP contribution in [0.25, 0.3) is 0 Å². The third-order valence-electron chi connectivity index (χ3n) is 2.40. The fourth-order valence-corrected chi connectivity index (χ4v) is 1.90. The van der Waals surface area contributed by atoms with Crippen molar-refractivity contribution in [2.45, 2.75) is 25.8 Å². The standard InChI is InChI=1S/C11H16BrN3O2/c1-11(2,5-6-13)14-9-4-3-8(12)7-10(9)15(16)17/h3-4,7,14H,5-6,13H2,1-2H3. The van der Waals surface area contributed by atoms with Crippen molar-refractivity contribution in [2.24, 2.45) is 5.73 Å².